The molecule has 2 rings (SSSR count). The lowest BCUT2D eigenvalue weighted by atomic mass is 10.3. The number of aromatic amines is 1. The summed E-state index contributed by atoms with van der Waals surface area (Å²) in [5, 5.41) is 1.24. The molecule has 56 valence electrons. The number of aromatic nitrogens is 1. The van der Waals surface area contributed by atoms with Gasteiger partial charge < -0.3 is 4.98 Å². The van der Waals surface area contributed by atoms with Gasteiger partial charge in [0.1, 0.15) is 0 Å². The first-order valence-corrected chi connectivity index (χ1v) is 5.07. The molecular formula is C8H5BrIN. The van der Waals surface area contributed by atoms with Gasteiger partial charge in [-0.3, -0.25) is 0 Å². The largest absolute Gasteiger partial charge is 0.361 e. The first-order chi connectivity index (χ1) is 5.27. The van der Waals surface area contributed by atoms with E-state index in [4.69, 9.17) is 0 Å². The Bertz CT molecular complexity index is 394. The van der Waals surface area contributed by atoms with Crippen molar-refractivity contribution >= 4 is 49.4 Å². The van der Waals surface area contributed by atoms with Crippen LogP contribution >= 0.6 is 38.5 Å². The summed E-state index contributed by atoms with van der Waals surface area (Å²) in [5.74, 6) is 0. The number of H-pyrrole nitrogens is 1. The Balaban J connectivity index is 2.91. The number of nitrogens with one attached hydrogen (secondary N) is 1. The second-order valence-corrected chi connectivity index (χ2v) is 4.43. The minimum Gasteiger partial charge on any atom is -0.361 e. The van der Waals surface area contributed by atoms with Crippen molar-refractivity contribution in [2.45, 2.75) is 0 Å². The number of hydrogen-bond acceptors (Lipinski definition) is 0. The Morgan fingerprint density at radius 1 is 1.36 bits per heavy atom. The molecule has 2 aromatic rings. The van der Waals surface area contributed by atoms with Gasteiger partial charge in [0.05, 0.1) is 0 Å². The van der Waals surface area contributed by atoms with Crippen molar-refractivity contribution < 1.29 is 0 Å². The minimum atomic E-state index is 1.15. The van der Waals surface area contributed by atoms with Crippen molar-refractivity contribution in [2.75, 3.05) is 0 Å². The van der Waals surface area contributed by atoms with Gasteiger partial charge in [0, 0.05) is 25.1 Å². The fraction of sp³-hybridized carbons (Fsp3) is 0. The van der Waals surface area contributed by atoms with E-state index in [0.717, 1.165) is 4.47 Å². The second-order valence-electron chi connectivity index (χ2n) is 2.33. The topological polar surface area (TPSA) is 15.8 Å². The molecule has 1 N–H and O–H groups in total. The summed E-state index contributed by atoms with van der Waals surface area (Å²) in [6.07, 6.45) is 1.95. The van der Waals surface area contributed by atoms with Crippen LogP contribution < -0.4 is 0 Å². The molecule has 0 saturated carbocycles. The van der Waals surface area contributed by atoms with E-state index in [0.29, 0.717) is 0 Å². The molecule has 0 aliphatic carbocycles. The van der Waals surface area contributed by atoms with Gasteiger partial charge in [-0.1, -0.05) is 15.9 Å². The van der Waals surface area contributed by atoms with Crippen LogP contribution in [0, 0.1) is 3.57 Å². The van der Waals surface area contributed by atoms with E-state index in [1.165, 1.54) is 14.5 Å². The molecule has 11 heavy (non-hydrogen) atoms. The zero-order valence-electron chi connectivity index (χ0n) is 5.57. The number of halogens is 2. The van der Waals surface area contributed by atoms with E-state index < -0.39 is 0 Å². The van der Waals surface area contributed by atoms with Crippen LogP contribution in [0.2, 0.25) is 0 Å². The highest BCUT2D eigenvalue weighted by Crippen LogP contribution is 2.25. The molecule has 1 aromatic heterocycles. The Labute approximate surface area is 86.5 Å². The third kappa shape index (κ3) is 1.31. The van der Waals surface area contributed by atoms with E-state index >= 15 is 0 Å². The van der Waals surface area contributed by atoms with Gasteiger partial charge in [-0.05, 0) is 40.8 Å². The Kier molecular flexibility index (Phi) is 1.93. The van der Waals surface area contributed by atoms with Gasteiger partial charge in [0.15, 0.2) is 0 Å². The van der Waals surface area contributed by atoms with Crippen molar-refractivity contribution in [1.82, 2.24) is 4.98 Å². The molecule has 1 heterocycles. The summed E-state index contributed by atoms with van der Waals surface area (Å²) in [4.78, 5) is 3.17. The van der Waals surface area contributed by atoms with Gasteiger partial charge in [0.2, 0.25) is 0 Å². The predicted molar refractivity (Wildman–Crippen MR) is 58.7 cm³/mol. The van der Waals surface area contributed by atoms with Crippen LogP contribution in [0.1, 0.15) is 0 Å². The molecule has 1 aromatic carbocycles. The maximum absolute atomic E-state index is 3.50. The quantitative estimate of drug-likeness (QED) is 0.714. The van der Waals surface area contributed by atoms with Gasteiger partial charge >= 0.3 is 0 Å². The van der Waals surface area contributed by atoms with Crippen molar-refractivity contribution in [1.29, 1.82) is 0 Å². The molecule has 0 amide bonds. The number of rotatable bonds is 0. The van der Waals surface area contributed by atoms with Gasteiger partial charge in [-0.15, -0.1) is 0 Å². The Morgan fingerprint density at radius 2 is 2.18 bits per heavy atom. The molecule has 0 bridgehead atoms. The monoisotopic (exact) mass is 321 g/mol. The van der Waals surface area contributed by atoms with E-state index in [9.17, 15) is 0 Å². The maximum atomic E-state index is 3.50. The molecule has 0 radical (unpaired) electrons. The highest BCUT2D eigenvalue weighted by atomic mass is 127. The molecule has 0 fully saturated rings. The Hall–Kier alpha value is -0.0300. The summed E-state index contributed by atoms with van der Waals surface area (Å²) < 4.78 is 2.39. The van der Waals surface area contributed by atoms with Crippen LogP contribution in [0.15, 0.2) is 28.9 Å². The molecule has 0 aliphatic rings. The fourth-order valence-electron chi connectivity index (χ4n) is 1.09. The second kappa shape index (κ2) is 2.79. The van der Waals surface area contributed by atoms with Crippen molar-refractivity contribution in [2.24, 2.45) is 0 Å². The van der Waals surface area contributed by atoms with E-state index in [2.05, 4.69) is 61.7 Å². The van der Waals surface area contributed by atoms with Crippen molar-refractivity contribution in [3.05, 3.63) is 32.4 Å². The zero-order valence-corrected chi connectivity index (χ0v) is 9.31. The lowest BCUT2D eigenvalue weighted by molar-refractivity contribution is 1.47. The molecular weight excluding hydrogens is 317 g/mol. The van der Waals surface area contributed by atoms with Crippen LogP contribution in [0.5, 0.6) is 0 Å². The maximum Gasteiger partial charge on any atom is 0.0475 e. The van der Waals surface area contributed by atoms with Crippen molar-refractivity contribution in [3.8, 4) is 0 Å². The highest BCUT2D eigenvalue weighted by Gasteiger charge is 1.99. The van der Waals surface area contributed by atoms with Gasteiger partial charge in [-0.25, -0.2) is 0 Å². The number of fused-ring (bicyclic) bond motifs is 1. The fourth-order valence-corrected chi connectivity index (χ4v) is 2.73. The normalized spacial score (nSPS) is 10.7. The molecule has 3 heteroatoms. The standard InChI is InChI=1S/C8H5BrIN/c9-7-3-5(10)4-8-6(7)1-2-11-8/h1-4,11H. The van der Waals surface area contributed by atoms with Crippen molar-refractivity contribution in [3.63, 3.8) is 0 Å². The van der Waals surface area contributed by atoms with Gasteiger partial charge in [0.25, 0.3) is 0 Å². The average molecular weight is 322 g/mol. The van der Waals surface area contributed by atoms with Crippen LogP contribution in [-0.4, -0.2) is 4.98 Å². The van der Waals surface area contributed by atoms with Crippen LogP contribution in [0.3, 0.4) is 0 Å². The van der Waals surface area contributed by atoms with Crippen LogP contribution in [0.25, 0.3) is 10.9 Å². The lowest BCUT2D eigenvalue weighted by Crippen LogP contribution is -1.73. The highest BCUT2D eigenvalue weighted by molar-refractivity contribution is 14.1. The van der Waals surface area contributed by atoms with Gasteiger partial charge in [-0.2, -0.15) is 0 Å². The molecule has 0 spiro atoms. The minimum absolute atomic E-state index is 1.15. The summed E-state index contributed by atoms with van der Waals surface area (Å²) in [5.41, 5.74) is 1.18. The first-order valence-electron chi connectivity index (χ1n) is 3.19. The van der Waals surface area contributed by atoms with Crippen LogP contribution in [0.4, 0.5) is 0 Å². The molecule has 0 unspecified atom stereocenters. The average Bonchev–Trinajstić information content (AvgIpc) is 2.34. The smallest absolute Gasteiger partial charge is 0.0475 e. The number of benzene rings is 1. The third-order valence-corrected chi connectivity index (χ3v) is 2.86. The SMILES string of the molecule is Brc1cc(I)cc2[nH]ccc12. The summed E-state index contributed by atoms with van der Waals surface area (Å²) >= 11 is 5.80. The molecule has 0 aliphatic heterocycles. The summed E-state index contributed by atoms with van der Waals surface area (Å²) in [7, 11) is 0. The van der Waals surface area contributed by atoms with E-state index in [-0.39, 0.29) is 0 Å². The molecule has 1 nitrogen and oxygen atoms in total. The molecule has 0 atom stereocenters. The summed E-state index contributed by atoms with van der Waals surface area (Å²) in [6.45, 7) is 0. The van der Waals surface area contributed by atoms with E-state index in [1.54, 1.807) is 0 Å². The van der Waals surface area contributed by atoms with Crippen LogP contribution in [-0.2, 0) is 0 Å². The predicted octanol–water partition coefficient (Wildman–Crippen LogP) is 3.54. The van der Waals surface area contributed by atoms with E-state index in [1.807, 2.05) is 6.20 Å². The number of hydrogen-bond donors (Lipinski definition) is 1. The zero-order chi connectivity index (χ0) is 7.84. The lowest BCUT2D eigenvalue weighted by Gasteiger charge is -1.94. The Morgan fingerprint density at radius 3 is 3.00 bits per heavy atom. The first kappa shape index (κ1) is 7.61. The summed E-state index contributed by atoms with van der Waals surface area (Å²) in [6, 6.07) is 6.30. The third-order valence-electron chi connectivity index (χ3n) is 1.58. The molecule has 0 saturated heterocycles.